The molecule has 1 aliphatic heterocycles. The summed E-state index contributed by atoms with van der Waals surface area (Å²) in [6.07, 6.45) is 2.12. The first-order chi connectivity index (χ1) is 7.75. The van der Waals surface area contributed by atoms with Gasteiger partial charge in [0, 0.05) is 25.3 Å². The van der Waals surface area contributed by atoms with E-state index >= 15 is 0 Å². The molecule has 0 aliphatic carbocycles. The zero-order valence-electron chi connectivity index (χ0n) is 9.58. The van der Waals surface area contributed by atoms with Gasteiger partial charge in [0.15, 0.2) is 0 Å². The van der Waals surface area contributed by atoms with Crippen LogP contribution in [0.3, 0.4) is 0 Å². The van der Waals surface area contributed by atoms with Crippen molar-refractivity contribution in [3.63, 3.8) is 0 Å². The Bertz CT molecular complexity index is 319. The average molecular weight is 223 g/mol. The second-order valence-electron chi connectivity index (χ2n) is 4.33. The summed E-state index contributed by atoms with van der Waals surface area (Å²) in [6.45, 7) is 3.80. The first-order valence-electron chi connectivity index (χ1n) is 5.85. The lowest BCUT2D eigenvalue weighted by molar-refractivity contribution is 0.0754. The number of ether oxygens (including phenoxy) is 1. The molecule has 0 amide bonds. The Labute approximate surface area is 95.8 Å². The summed E-state index contributed by atoms with van der Waals surface area (Å²) in [5.41, 5.74) is 1.13. The van der Waals surface area contributed by atoms with Crippen LogP contribution in [0.1, 0.15) is 31.4 Å². The predicted molar refractivity (Wildman–Crippen MR) is 61.8 cm³/mol. The molecule has 0 spiro atoms. The van der Waals surface area contributed by atoms with E-state index in [1.54, 1.807) is 0 Å². The first-order valence-corrected chi connectivity index (χ1v) is 5.85. The van der Waals surface area contributed by atoms with Gasteiger partial charge in [0.2, 0.25) is 0 Å². The number of hydrogen-bond donors (Lipinski definition) is 1. The lowest BCUT2D eigenvalue weighted by Gasteiger charge is -2.27. The fourth-order valence-corrected chi connectivity index (χ4v) is 2.07. The summed E-state index contributed by atoms with van der Waals surface area (Å²) < 4.78 is 18.1. The van der Waals surface area contributed by atoms with Crippen molar-refractivity contribution in [2.75, 3.05) is 13.2 Å². The molecule has 1 saturated heterocycles. The van der Waals surface area contributed by atoms with Crippen LogP contribution in [0.5, 0.6) is 0 Å². The second-order valence-corrected chi connectivity index (χ2v) is 4.33. The van der Waals surface area contributed by atoms with E-state index in [0.29, 0.717) is 6.04 Å². The molecule has 0 bridgehead atoms. The van der Waals surface area contributed by atoms with E-state index in [1.165, 1.54) is 12.1 Å². The molecular weight excluding hydrogens is 205 g/mol. The summed E-state index contributed by atoms with van der Waals surface area (Å²) in [6, 6.07) is 7.49. The van der Waals surface area contributed by atoms with Gasteiger partial charge in [-0.3, -0.25) is 0 Å². The highest BCUT2D eigenvalue weighted by molar-refractivity contribution is 5.19. The van der Waals surface area contributed by atoms with Crippen LogP contribution in [-0.4, -0.2) is 19.3 Å². The molecule has 1 atom stereocenters. The molecule has 1 aliphatic rings. The van der Waals surface area contributed by atoms with E-state index in [9.17, 15) is 4.39 Å². The molecule has 0 saturated carbocycles. The number of hydrogen-bond acceptors (Lipinski definition) is 2. The Balaban J connectivity index is 1.91. The summed E-state index contributed by atoms with van der Waals surface area (Å²) in [4.78, 5) is 0. The molecular formula is C13H18FNO. The summed E-state index contributed by atoms with van der Waals surface area (Å²) in [5.74, 6) is -0.179. The molecule has 1 fully saturated rings. The third kappa shape index (κ3) is 3.03. The van der Waals surface area contributed by atoms with Crippen LogP contribution < -0.4 is 5.32 Å². The van der Waals surface area contributed by atoms with Crippen molar-refractivity contribution in [1.82, 2.24) is 5.32 Å². The Morgan fingerprint density at radius 2 is 1.88 bits per heavy atom. The molecule has 88 valence electrons. The van der Waals surface area contributed by atoms with Crippen molar-refractivity contribution in [1.29, 1.82) is 0 Å². The van der Waals surface area contributed by atoms with Crippen LogP contribution in [0.4, 0.5) is 4.39 Å². The summed E-state index contributed by atoms with van der Waals surface area (Å²) >= 11 is 0. The Morgan fingerprint density at radius 1 is 1.25 bits per heavy atom. The van der Waals surface area contributed by atoms with E-state index in [0.717, 1.165) is 31.6 Å². The van der Waals surface area contributed by atoms with Gasteiger partial charge >= 0.3 is 0 Å². The zero-order valence-corrected chi connectivity index (χ0v) is 9.58. The molecule has 1 heterocycles. The van der Waals surface area contributed by atoms with Gasteiger partial charge in [0.25, 0.3) is 0 Å². The fraction of sp³-hybridized carbons (Fsp3) is 0.538. The van der Waals surface area contributed by atoms with Crippen LogP contribution in [-0.2, 0) is 4.74 Å². The largest absolute Gasteiger partial charge is 0.381 e. The highest BCUT2D eigenvalue weighted by atomic mass is 19.1. The average Bonchev–Trinajstić information content (AvgIpc) is 2.31. The maximum atomic E-state index is 12.8. The monoisotopic (exact) mass is 223 g/mol. The molecule has 0 radical (unpaired) electrons. The van der Waals surface area contributed by atoms with Crippen LogP contribution in [0.15, 0.2) is 24.3 Å². The van der Waals surface area contributed by atoms with E-state index in [4.69, 9.17) is 4.74 Å². The quantitative estimate of drug-likeness (QED) is 0.850. The van der Waals surface area contributed by atoms with Crippen molar-refractivity contribution < 1.29 is 9.13 Å². The minimum Gasteiger partial charge on any atom is -0.381 e. The smallest absolute Gasteiger partial charge is 0.123 e. The summed E-state index contributed by atoms with van der Waals surface area (Å²) in [5, 5.41) is 3.55. The van der Waals surface area contributed by atoms with E-state index < -0.39 is 0 Å². The van der Waals surface area contributed by atoms with Crippen molar-refractivity contribution in [3.05, 3.63) is 35.6 Å². The standard InChI is InChI=1S/C13H18FNO/c1-10(11-2-4-12(14)5-3-11)15-13-6-8-16-9-7-13/h2-5,10,13,15H,6-9H2,1H3/t10-/m0/s1. The Hall–Kier alpha value is -0.930. The highest BCUT2D eigenvalue weighted by Gasteiger charge is 2.16. The first kappa shape index (κ1) is 11.6. The van der Waals surface area contributed by atoms with Gasteiger partial charge < -0.3 is 10.1 Å². The minimum absolute atomic E-state index is 0.179. The SMILES string of the molecule is C[C@H](NC1CCOCC1)c1ccc(F)cc1. The van der Waals surface area contributed by atoms with Crippen molar-refractivity contribution >= 4 is 0 Å². The number of benzene rings is 1. The van der Waals surface area contributed by atoms with Crippen LogP contribution in [0, 0.1) is 5.82 Å². The normalized spacial score (nSPS) is 19.6. The van der Waals surface area contributed by atoms with Crippen molar-refractivity contribution in [3.8, 4) is 0 Å². The van der Waals surface area contributed by atoms with Gasteiger partial charge in [-0.25, -0.2) is 4.39 Å². The number of halogens is 1. The molecule has 16 heavy (non-hydrogen) atoms. The highest BCUT2D eigenvalue weighted by Crippen LogP contribution is 2.16. The molecule has 2 rings (SSSR count). The van der Waals surface area contributed by atoms with Crippen LogP contribution in [0.2, 0.25) is 0 Å². The molecule has 1 aromatic carbocycles. The predicted octanol–water partition coefficient (Wildman–Crippen LogP) is 2.66. The third-order valence-electron chi connectivity index (χ3n) is 3.08. The van der Waals surface area contributed by atoms with Crippen molar-refractivity contribution in [2.24, 2.45) is 0 Å². The zero-order chi connectivity index (χ0) is 11.4. The topological polar surface area (TPSA) is 21.3 Å². The van der Waals surface area contributed by atoms with Gasteiger partial charge in [-0.15, -0.1) is 0 Å². The Morgan fingerprint density at radius 3 is 2.50 bits per heavy atom. The van der Waals surface area contributed by atoms with Gasteiger partial charge in [-0.2, -0.15) is 0 Å². The van der Waals surface area contributed by atoms with E-state index in [1.807, 2.05) is 12.1 Å². The maximum absolute atomic E-state index is 12.8. The lowest BCUT2D eigenvalue weighted by Crippen LogP contribution is -2.36. The van der Waals surface area contributed by atoms with E-state index in [2.05, 4.69) is 12.2 Å². The van der Waals surface area contributed by atoms with Gasteiger partial charge in [0.05, 0.1) is 0 Å². The molecule has 2 nitrogen and oxygen atoms in total. The molecule has 1 N–H and O–H groups in total. The van der Waals surface area contributed by atoms with Crippen LogP contribution >= 0.6 is 0 Å². The number of nitrogens with one attached hydrogen (secondary N) is 1. The Kier molecular flexibility index (Phi) is 3.91. The third-order valence-corrected chi connectivity index (χ3v) is 3.08. The number of rotatable bonds is 3. The lowest BCUT2D eigenvalue weighted by atomic mass is 10.0. The van der Waals surface area contributed by atoms with Gasteiger partial charge in [-0.1, -0.05) is 12.1 Å². The summed E-state index contributed by atoms with van der Waals surface area (Å²) in [7, 11) is 0. The van der Waals surface area contributed by atoms with Crippen LogP contribution in [0.25, 0.3) is 0 Å². The molecule has 0 aromatic heterocycles. The maximum Gasteiger partial charge on any atom is 0.123 e. The minimum atomic E-state index is -0.179. The molecule has 3 heteroatoms. The molecule has 0 unspecified atom stereocenters. The second kappa shape index (κ2) is 5.41. The molecule has 1 aromatic rings. The van der Waals surface area contributed by atoms with Gasteiger partial charge in [0.1, 0.15) is 5.82 Å². The van der Waals surface area contributed by atoms with Gasteiger partial charge in [-0.05, 0) is 37.5 Å². The van der Waals surface area contributed by atoms with Crippen molar-refractivity contribution in [2.45, 2.75) is 31.8 Å². The fourth-order valence-electron chi connectivity index (χ4n) is 2.07. The van der Waals surface area contributed by atoms with E-state index in [-0.39, 0.29) is 11.9 Å².